The summed E-state index contributed by atoms with van der Waals surface area (Å²) in [7, 11) is 3.94. The Morgan fingerprint density at radius 1 is 0.462 bits per heavy atom. The number of aryl methyl sites for hydroxylation is 1. The van der Waals surface area contributed by atoms with Gasteiger partial charge in [0.1, 0.15) is 68.4 Å². The Bertz CT molecular complexity index is 5000. The van der Waals surface area contributed by atoms with Crippen LogP contribution in [-0.2, 0) is 12.4 Å². The maximum absolute atomic E-state index is 15.5. The number of aromatic nitrogens is 11. The number of ether oxygens (including phenoxy) is 6. The van der Waals surface area contributed by atoms with E-state index >= 15 is 8.78 Å². The Labute approximate surface area is 614 Å². The van der Waals surface area contributed by atoms with Crippen molar-refractivity contribution in [2.45, 2.75) is 85.5 Å². The van der Waals surface area contributed by atoms with Gasteiger partial charge in [-0.1, -0.05) is 97.0 Å². The number of pyridine rings is 2. The van der Waals surface area contributed by atoms with E-state index < -0.39 is 59.0 Å². The lowest BCUT2D eigenvalue weighted by molar-refractivity contribution is -0.142. The zero-order valence-electron chi connectivity index (χ0n) is 57.2. The predicted molar refractivity (Wildman–Crippen MR) is 384 cm³/mol. The molecule has 12 aromatic rings. The van der Waals surface area contributed by atoms with Crippen LogP contribution in [0.5, 0.6) is 34.8 Å². The summed E-state index contributed by atoms with van der Waals surface area (Å²) in [5, 5.41) is -0.00434. The van der Waals surface area contributed by atoms with Crippen molar-refractivity contribution < 1.29 is 63.5 Å². The van der Waals surface area contributed by atoms with Gasteiger partial charge in [-0.2, -0.15) is 26.3 Å². The van der Waals surface area contributed by atoms with Crippen molar-refractivity contribution in [3.05, 3.63) is 198 Å². The zero-order valence-corrected chi connectivity index (χ0v) is 61.0. The molecule has 12 rings (SSSR count). The SMILES string of the molecule is CCOc1c([C@@H](C)c2nc(Cl)c3c(N)nccn23)cc(Cl)c(F)c1-c1ccc(C(F)(F)F)nc1OC.CCOc1c([C@H](C)c2nc(Cl)c3c(N)nccn23)cc(C)c(C)c1-c1ccc(OC)cc1.CCOc1c([C@H](C)c2nc(Cl)c3c(N)nccn23)cc(Cl)c(F)c1-c1ccc(C(F)(F)F)nc1OC. The molecule has 0 saturated carbocycles. The van der Waals surface area contributed by atoms with E-state index in [0.717, 1.165) is 72.5 Å². The highest BCUT2D eigenvalue weighted by Gasteiger charge is 2.38. The van der Waals surface area contributed by atoms with Gasteiger partial charge in [0.15, 0.2) is 44.5 Å². The summed E-state index contributed by atoms with van der Waals surface area (Å²) in [6.07, 6.45) is 0.226. The molecule has 0 spiro atoms. The summed E-state index contributed by atoms with van der Waals surface area (Å²) in [4.78, 5) is 32.7. The van der Waals surface area contributed by atoms with Gasteiger partial charge in [-0.25, -0.2) is 48.7 Å². The van der Waals surface area contributed by atoms with Gasteiger partial charge in [0, 0.05) is 77.2 Å². The fourth-order valence-corrected chi connectivity index (χ4v) is 13.2. The van der Waals surface area contributed by atoms with Crippen molar-refractivity contribution in [1.29, 1.82) is 0 Å². The molecule has 104 heavy (non-hydrogen) atoms. The topological polar surface area (TPSA) is 250 Å². The summed E-state index contributed by atoms with van der Waals surface area (Å²) in [5.74, 6) is 0.0920. The number of imidazole rings is 3. The molecule has 0 bridgehead atoms. The van der Waals surface area contributed by atoms with E-state index in [-0.39, 0.29) is 84.9 Å². The number of hydrogen-bond acceptors (Lipinski definition) is 17. The number of fused-ring (bicyclic) bond motifs is 3. The van der Waals surface area contributed by atoms with Crippen molar-refractivity contribution in [3.63, 3.8) is 0 Å². The fourth-order valence-electron chi connectivity index (χ4n) is 12.0. The standard InChI is InChI=1S/C25H27ClN4O2.2C23H19Cl2F4N5O2/c1-6-32-22-19(16(4)25-29-23(26)21-24(27)28-11-12-30(21)25)13-14(2)15(3)20(22)17-7-9-18(31-5)10-8-17;2*1-4-36-18-12(10(2)21-33-19(25)17-20(30)31-7-8-34(17)21)9-13(24)16(26)15(18)11-5-6-14(23(27,28)29)32-22(11)35-3/h7-13,16H,6H2,1-5H3,(H2,27,28);2*5-10H,4H2,1-3H3,(H2,30,31)/t16-;2*10-/m010/s1. The number of anilines is 3. The number of methoxy groups -OCH3 is 3. The number of halogens is 13. The first-order chi connectivity index (χ1) is 49.3. The molecule has 8 aromatic heterocycles. The third-order valence-electron chi connectivity index (χ3n) is 17.0. The van der Waals surface area contributed by atoms with Crippen LogP contribution in [0.2, 0.25) is 25.5 Å². The average molecular weight is 1540 g/mol. The Morgan fingerprint density at radius 3 is 1.12 bits per heavy atom. The molecular formula is C71H65Cl5F8N14O6. The van der Waals surface area contributed by atoms with E-state index in [1.165, 1.54) is 35.7 Å². The van der Waals surface area contributed by atoms with Crippen molar-refractivity contribution in [3.8, 4) is 68.1 Å². The van der Waals surface area contributed by atoms with Gasteiger partial charge in [-0.05, 0) is 99.8 Å². The molecule has 0 aliphatic carbocycles. The van der Waals surface area contributed by atoms with E-state index in [4.69, 9.17) is 104 Å². The summed E-state index contributed by atoms with van der Waals surface area (Å²) < 4.78 is 149. The second kappa shape index (κ2) is 31.2. The minimum Gasteiger partial charge on any atom is -0.497 e. The Hall–Kier alpha value is -9.87. The summed E-state index contributed by atoms with van der Waals surface area (Å²) in [6, 6.07) is 16.6. The minimum atomic E-state index is -4.72. The van der Waals surface area contributed by atoms with Crippen LogP contribution in [0.1, 0.15) is 116 Å². The third kappa shape index (κ3) is 14.8. The molecule has 0 saturated heterocycles. The van der Waals surface area contributed by atoms with Gasteiger partial charge < -0.3 is 45.6 Å². The highest BCUT2D eigenvalue weighted by molar-refractivity contribution is 6.34. The summed E-state index contributed by atoms with van der Waals surface area (Å²) in [6.45, 7) is 16.0. The van der Waals surface area contributed by atoms with Crippen LogP contribution in [0.3, 0.4) is 0 Å². The van der Waals surface area contributed by atoms with Gasteiger partial charge in [-0.15, -0.1) is 0 Å². The molecule has 0 fully saturated rings. The smallest absolute Gasteiger partial charge is 0.433 e. The fraction of sp³-hybridized carbons (Fsp3) is 0.268. The van der Waals surface area contributed by atoms with Crippen LogP contribution in [-0.4, -0.2) is 94.2 Å². The van der Waals surface area contributed by atoms with Crippen molar-refractivity contribution >= 4 is 92.0 Å². The van der Waals surface area contributed by atoms with E-state index in [9.17, 15) is 26.3 Å². The lowest BCUT2D eigenvalue weighted by atomic mass is 9.88. The van der Waals surface area contributed by atoms with Crippen molar-refractivity contribution in [2.24, 2.45) is 0 Å². The molecule has 4 aromatic carbocycles. The van der Waals surface area contributed by atoms with Crippen LogP contribution in [0, 0.1) is 25.5 Å². The number of nitrogens with two attached hydrogens (primary N) is 3. The maximum Gasteiger partial charge on any atom is 0.433 e. The number of nitrogen functional groups attached to an aromatic ring is 3. The molecular weight excluding hydrogens is 1470 g/mol. The molecule has 0 aliphatic rings. The van der Waals surface area contributed by atoms with Gasteiger partial charge in [0.05, 0.1) is 73.4 Å². The van der Waals surface area contributed by atoms with E-state index in [2.05, 4.69) is 78.8 Å². The number of nitrogens with zero attached hydrogens (tertiary/aromatic N) is 11. The van der Waals surface area contributed by atoms with Crippen molar-refractivity contribution in [2.75, 3.05) is 58.4 Å². The lowest BCUT2D eigenvalue weighted by Gasteiger charge is -2.23. The monoisotopic (exact) mass is 1540 g/mol. The number of hydrogen-bond donors (Lipinski definition) is 3. The predicted octanol–water partition coefficient (Wildman–Crippen LogP) is 18.6. The van der Waals surface area contributed by atoms with E-state index in [1.54, 1.807) is 62.2 Å². The van der Waals surface area contributed by atoms with Gasteiger partial charge in [-0.3, -0.25) is 13.2 Å². The molecule has 0 aliphatic heterocycles. The highest BCUT2D eigenvalue weighted by Crippen LogP contribution is 2.50. The molecule has 3 atom stereocenters. The van der Waals surface area contributed by atoms with E-state index in [0.29, 0.717) is 56.9 Å². The van der Waals surface area contributed by atoms with Gasteiger partial charge >= 0.3 is 12.4 Å². The van der Waals surface area contributed by atoms with Crippen LogP contribution in [0.25, 0.3) is 49.9 Å². The second-order valence-corrected chi connectivity index (χ2v) is 25.0. The molecule has 6 N–H and O–H groups in total. The number of alkyl halides is 6. The quantitative estimate of drug-likeness (QED) is 0.0675. The summed E-state index contributed by atoms with van der Waals surface area (Å²) in [5.41, 5.74) is 22.8. The second-order valence-electron chi connectivity index (χ2n) is 23.1. The van der Waals surface area contributed by atoms with Crippen LogP contribution >= 0.6 is 58.0 Å². The highest BCUT2D eigenvalue weighted by atomic mass is 35.5. The molecule has 546 valence electrons. The molecule has 33 heteroatoms. The van der Waals surface area contributed by atoms with Gasteiger partial charge in [0.2, 0.25) is 11.8 Å². The van der Waals surface area contributed by atoms with Crippen LogP contribution in [0.15, 0.2) is 104 Å². The Morgan fingerprint density at radius 2 is 0.798 bits per heavy atom. The molecule has 8 heterocycles. The van der Waals surface area contributed by atoms with Crippen LogP contribution < -0.4 is 45.6 Å². The minimum absolute atomic E-state index is 0.0432. The Balaban J connectivity index is 0.000000168. The number of benzene rings is 4. The van der Waals surface area contributed by atoms with Crippen molar-refractivity contribution in [1.82, 2.24) is 53.1 Å². The first-order valence-electron chi connectivity index (χ1n) is 31.6. The first kappa shape index (κ1) is 76.8. The van der Waals surface area contributed by atoms with Gasteiger partial charge in [0.25, 0.3) is 0 Å². The maximum atomic E-state index is 15.5. The van der Waals surface area contributed by atoms with E-state index in [1.807, 2.05) is 29.7 Å². The largest absolute Gasteiger partial charge is 0.497 e. The molecule has 0 unspecified atom stereocenters. The Kier molecular flexibility index (Phi) is 23.0. The summed E-state index contributed by atoms with van der Waals surface area (Å²) >= 11 is 31.6. The molecule has 20 nitrogen and oxygen atoms in total. The zero-order chi connectivity index (χ0) is 75.7. The normalized spacial score (nSPS) is 12.5. The average Bonchev–Trinajstić information content (AvgIpc) is 1.40. The number of rotatable bonds is 18. The first-order valence-corrected chi connectivity index (χ1v) is 33.5. The van der Waals surface area contributed by atoms with Crippen LogP contribution in [0.4, 0.5) is 52.6 Å². The third-order valence-corrected chi connectivity index (χ3v) is 18.3. The molecule has 0 amide bonds. The lowest BCUT2D eigenvalue weighted by Crippen LogP contribution is -2.11. The molecule has 0 radical (unpaired) electrons.